The van der Waals surface area contributed by atoms with E-state index in [1.54, 1.807) is 0 Å². The number of benzene rings is 1. The lowest BCUT2D eigenvalue weighted by Gasteiger charge is -2.31. The molecule has 2 heteroatoms. The molecule has 1 aromatic carbocycles. The van der Waals surface area contributed by atoms with E-state index in [0.29, 0.717) is 5.56 Å². The van der Waals surface area contributed by atoms with Crippen molar-refractivity contribution in [1.82, 2.24) is 0 Å². The van der Waals surface area contributed by atoms with Crippen LogP contribution in [0.15, 0.2) is 24.3 Å². The van der Waals surface area contributed by atoms with Crippen molar-refractivity contribution in [3.8, 4) is 11.8 Å². The SMILES string of the molecule is CCCCCC1CCCCC1CCCOc1ccc(C#N)cc1. The van der Waals surface area contributed by atoms with E-state index in [1.807, 2.05) is 24.3 Å². The van der Waals surface area contributed by atoms with Gasteiger partial charge in [-0.1, -0.05) is 58.3 Å². The minimum Gasteiger partial charge on any atom is -0.494 e. The van der Waals surface area contributed by atoms with Crippen LogP contribution in [0, 0.1) is 23.2 Å². The van der Waals surface area contributed by atoms with E-state index in [0.717, 1.165) is 30.6 Å². The lowest BCUT2D eigenvalue weighted by molar-refractivity contribution is 0.190. The Morgan fingerprint density at radius 1 is 1.00 bits per heavy atom. The zero-order valence-electron chi connectivity index (χ0n) is 14.6. The molecular weight excluding hydrogens is 282 g/mol. The maximum absolute atomic E-state index is 8.80. The van der Waals surface area contributed by atoms with E-state index in [9.17, 15) is 0 Å². The number of nitrogens with zero attached hydrogens (tertiary/aromatic N) is 1. The number of ether oxygens (including phenoxy) is 1. The average Bonchev–Trinajstić information content (AvgIpc) is 2.60. The van der Waals surface area contributed by atoms with Gasteiger partial charge in [0, 0.05) is 0 Å². The first-order valence-electron chi connectivity index (χ1n) is 9.46. The Morgan fingerprint density at radius 2 is 1.65 bits per heavy atom. The van der Waals surface area contributed by atoms with Crippen LogP contribution < -0.4 is 4.74 Å². The molecule has 0 amide bonds. The van der Waals surface area contributed by atoms with Gasteiger partial charge < -0.3 is 4.74 Å². The predicted octanol–water partition coefficient (Wildman–Crippen LogP) is 6.10. The predicted molar refractivity (Wildman–Crippen MR) is 95.5 cm³/mol. The van der Waals surface area contributed by atoms with Crippen LogP contribution in [0.1, 0.15) is 76.7 Å². The van der Waals surface area contributed by atoms with Crippen LogP contribution in [0.2, 0.25) is 0 Å². The second kappa shape index (κ2) is 10.3. The Labute approximate surface area is 141 Å². The Hall–Kier alpha value is -1.49. The van der Waals surface area contributed by atoms with Gasteiger partial charge in [-0.2, -0.15) is 5.26 Å². The smallest absolute Gasteiger partial charge is 0.119 e. The van der Waals surface area contributed by atoms with Crippen molar-refractivity contribution in [2.75, 3.05) is 6.61 Å². The van der Waals surface area contributed by atoms with Crippen LogP contribution in [-0.2, 0) is 0 Å². The van der Waals surface area contributed by atoms with E-state index in [-0.39, 0.29) is 0 Å². The van der Waals surface area contributed by atoms with Gasteiger partial charge in [-0.25, -0.2) is 0 Å². The first-order valence-corrected chi connectivity index (χ1v) is 9.46. The molecule has 126 valence electrons. The minimum absolute atomic E-state index is 0.689. The summed E-state index contributed by atoms with van der Waals surface area (Å²) < 4.78 is 5.82. The number of nitriles is 1. The minimum atomic E-state index is 0.689. The molecule has 1 aliphatic carbocycles. The molecule has 0 saturated heterocycles. The van der Waals surface area contributed by atoms with Crippen molar-refractivity contribution in [2.45, 2.75) is 71.1 Å². The van der Waals surface area contributed by atoms with Gasteiger partial charge in [0.2, 0.25) is 0 Å². The second-order valence-electron chi connectivity index (χ2n) is 6.93. The van der Waals surface area contributed by atoms with Crippen LogP contribution in [0.25, 0.3) is 0 Å². The highest BCUT2D eigenvalue weighted by molar-refractivity contribution is 5.34. The quantitative estimate of drug-likeness (QED) is 0.516. The zero-order chi connectivity index (χ0) is 16.3. The molecular formula is C21H31NO. The molecule has 0 aromatic heterocycles. The van der Waals surface area contributed by atoms with E-state index in [1.165, 1.54) is 57.8 Å². The summed E-state index contributed by atoms with van der Waals surface area (Å²) in [6.07, 6.45) is 13.8. The molecule has 0 spiro atoms. The van der Waals surface area contributed by atoms with E-state index in [4.69, 9.17) is 10.00 Å². The number of hydrogen-bond acceptors (Lipinski definition) is 2. The van der Waals surface area contributed by atoms with Crippen LogP contribution >= 0.6 is 0 Å². The summed E-state index contributed by atoms with van der Waals surface area (Å²) in [5, 5.41) is 8.80. The monoisotopic (exact) mass is 313 g/mol. The van der Waals surface area contributed by atoms with Crippen LogP contribution in [0.5, 0.6) is 5.75 Å². The number of unbranched alkanes of at least 4 members (excludes halogenated alkanes) is 2. The fraction of sp³-hybridized carbons (Fsp3) is 0.667. The summed E-state index contributed by atoms with van der Waals surface area (Å²) in [5.74, 6) is 2.77. The lowest BCUT2D eigenvalue weighted by atomic mass is 9.74. The normalized spacial score (nSPS) is 20.9. The van der Waals surface area contributed by atoms with Crippen molar-refractivity contribution in [3.63, 3.8) is 0 Å². The zero-order valence-corrected chi connectivity index (χ0v) is 14.6. The molecule has 0 bridgehead atoms. The summed E-state index contributed by atoms with van der Waals surface area (Å²) in [4.78, 5) is 0. The molecule has 0 radical (unpaired) electrons. The third-order valence-corrected chi connectivity index (χ3v) is 5.22. The highest BCUT2D eigenvalue weighted by Crippen LogP contribution is 2.36. The fourth-order valence-corrected chi connectivity index (χ4v) is 3.86. The maximum Gasteiger partial charge on any atom is 0.119 e. The van der Waals surface area contributed by atoms with Crippen molar-refractivity contribution < 1.29 is 4.74 Å². The summed E-state index contributed by atoms with van der Waals surface area (Å²) >= 11 is 0. The average molecular weight is 313 g/mol. The largest absolute Gasteiger partial charge is 0.494 e. The second-order valence-corrected chi connectivity index (χ2v) is 6.93. The molecule has 2 unspecified atom stereocenters. The van der Waals surface area contributed by atoms with Crippen molar-refractivity contribution in [2.24, 2.45) is 11.8 Å². The van der Waals surface area contributed by atoms with Gasteiger partial charge in [-0.3, -0.25) is 0 Å². The van der Waals surface area contributed by atoms with Gasteiger partial charge in [0.15, 0.2) is 0 Å². The Bertz CT molecular complexity index is 474. The van der Waals surface area contributed by atoms with Gasteiger partial charge in [0.1, 0.15) is 5.75 Å². The first-order chi connectivity index (χ1) is 11.3. The third-order valence-electron chi connectivity index (χ3n) is 5.22. The van der Waals surface area contributed by atoms with Gasteiger partial charge in [-0.15, -0.1) is 0 Å². The topological polar surface area (TPSA) is 33.0 Å². The van der Waals surface area contributed by atoms with Crippen LogP contribution in [-0.4, -0.2) is 6.61 Å². The van der Waals surface area contributed by atoms with Crippen molar-refractivity contribution in [3.05, 3.63) is 29.8 Å². The van der Waals surface area contributed by atoms with E-state index in [2.05, 4.69) is 13.0 Å². The molecule has 1 saturated carbocycles. The highest BCUT2D eigenvalue weighted by atomic mass is 16.5. The molecule has 1 aromatic rings. The molecule has 0 N–H and O–H groups in total. The molecule has 1 aliphatic rings. The van der Waals surface area contributed by atoms with E-state index < -0.39 is 0 Å². The molecule has 2 nitrogen and oxygen atoms in total. The third kappa shape index (κ3) is 6.26. The van der Waals surface area contributed by atoms with Crippen molar-refractivity contribution >= 4 is 0 Å². The molecule has 23 heavy (non-hydrogen) atoms. The molecule has 1 fully saturated rings. The molecule has 0 aliphatic heterocycles. The summed E-state index contributed by atoms with van der Waals surface area (Å²) in [7, 11) is 0. The molecule has 0 heterocycles. The Morgan fingerprint density at radius 3 is 2.26 bits per heavy atom. The van der Waals surface area contributed by atoms with E-state index >= 15 is 0 Å². The van der Waals surface area contributed by atoms with Crippen molar-refractivity contribution in [1.29, 1.82) is 5.26 Å². The van der Waals surface area contributed by atoms with Gasteiger partial charge in [0.25, 0.3) is 0 Å². The molecule has 2 atom stereocenters. The van der Waals surface area contributed by atoms with Gasteiger partial charge >= 0.3 is 0 Å². The maximum atomic E-state index is 8.80. The lowest BCUT2D eigenvalue weighted by Crippen LogP contribution is -2.20. The fourth-order valence-electron chi connectivity index (χ4n) is 3.86. The highest BCUT2D eigenvalue weighted by Gasteiger charge is 2.24. The summed E-state index contributed by atoms with van der Waals surface area (Å²) in [6.45, 7) is 3.09. The van der Waals surface area contributed by atoms with Gasteiger partial charge in [-0.05, 0) is 48.9 Å². The Kier molecular flexibility index (Phi) is 8.01. The van der Waals surface area contributed by atoms with Crippen LogP contribution in [0.3, 0.4) is 0 Å². The number of hydrogen-bond donors (Lipinski definition) is 0. The number of rotatable bonds is 9. The molecule has 2 rings (SSSR count). The van der Waals surface area contributed by atoms with Crippen LogP contribution in [0.4, 0.5) is 0 Å². The summed E-state index contributed by atoms with van der Waals surface area (Å²) in [6, 6.07) is 9.57. The van der Waals surface area contributed by atoms with Gasteiger partial charge in [0.05, 0.1) is 18.2 Å². The standard InChI is InChI=1S/C21H31NO/c1-2-3-4-8-19-9-5-6-10-20(19)11-7-16-23-21-14-12-18(17-22)13-15-21/h12-15,19-20H,2-11,16H2,1H3. The Balaban J connectivity index is 1.67. The summed E-state index contributed by atoms with van der Waals surface area (Å²) in [5.41, 5.74) is 0.689. The first kappa shape index (κ1) is 17.9.